The number of nitrogens with zero attached hydrogens (tertiary/aromatic N) is 3. The van der Waals surface area contributed by atoms with Gasteiger partial charge in [-0.15, -0.1) is 0 Å². The molecule has 6 heteroatoms. The lowest BCUT2D eigenvalue weighted by molar-refractivity contribution is -0.134. The van der Waals surface area contributed by atoms with Crippen molar-refractivity contribution < 1.29 is 14.4 Å². The van der Waals surface area contributed by atoms with Gasteiger partial charge in [-0.1, -0.05) is 26.0 Å². The summed E-state index contributed by atoms with van der Waals surface area (Å²) in [5.41, 5.74) is 1.08. The zero-order valence-corrected chi connectivity index (χ0v) is 16.1. The monoisotopic (exact) mass is 369 g/mol. The summed E-state index contributed by atoms with van der Waals surface area (Å²) in [5.74, 6) is 0.678. The number of hydrogen-bond acceptors (Lipinski definition) is 3. The van der Waals surface area contributed by atoms with Gasteiger partial charge in [0.15, 0.2) is 0 Å². The van der Waals surface area contributed by atoms with Crippen LogP contribution < -0.4 is 4.90 Å². The molecule has 27 heavy (non-hydrogen) atoms. The van der Waals surface area contributed by atoms with Crippen LogP contribution in [-0.4, -0.2) is 59.7 Å². The van der Waals surface area contributed by atoms with Crippen molar-refractivity contribution in [2.75, 3.05) is 31.1 Å². The third kappa shape index (κ3) is 3.22. The fourth-order valence-electron chi connectivity index (χ4n) is 4.87. The lowest BCUT2D eigenvalue weighted by atomic mass is 9.92. The molecule has 1 aromatic carbocycles. The van der Waals surface area contributed by atoms with Gasteiger partial charge in [-0.2, -0.15) is 0 Å². The molecule has 2 fully saturated rings. The highest BCUT2D eigenvalue weighted by atomic mass is 16.2. The number of piperidine rings is 1. The van der Waals surface area contributed by atoms with Gasteiger partial charge in [0.2, 0.25) is 11.8 Å². The van der Waals surface area contributed by atoms with Gasteiger partial charge in [-0.05, 0) is 43.2 Å². The van der Waals surface area contributed by atoms with E-state index in [0.717, 1.165) is 25.9 Å². The molecule has 0 radical (unpaired) electrons. The second kappa shape index (κ2) is 6.98. The smallest absolute Gasteiger partial charge is 0.256 e. The lowest BCUT2D eigenvalue weighted by Gasteiger charge is -2.36. The van der Waals surface area contributed by atoms with E-state index in [-0.39, 0.29) is 24.3 Å². The summed E-state index contributed by atoms with van der Waals surface area (Å²) in [4.78, 5) is 44.3. The lowest BCUT2D eigenvalue weighted by Crippen LogP contribution is -2.51. The summed E-state index contributed by atoms with van der Waals surface area (Å²) in [6.45, 7) is 6.41. The highest BCUT2D eigenvalue weighted by Gasteiger charge is 2.42. The van der Waals surface area contributed by atoms with Crippen LogP contribution in [0.25, 0.3) is 0 Å². The van der Waals surface area contributed by atoms with Crippen LogP contribution in [0.4, 0.5) is 5.69 Å². The zero-order chi connectivity index (χ0) is 19.1. The molecule has 0 unspecified atom stereocenters. The van der Waals surface area contributed by atoms with Crippen molar-refractivity contribution in [1.29, 1.82) is 0 Å². The molecule has 1 aromatic rings. The number of carbonyl (C=O) groups excluding carboxylic acids is 3. The summed E-state index contributed by atoms with van der Waals surface area (Å²) in [6, 6.07) is 6.72. The maximum atomic E-state index is 13.2. The highest BCUT2D eigenvalue weighted by Crippen LogP contribution is 2.32. The Kier molecular flexibility index (Phi) is 4.66. The van der Waals surface area contributed by atoms with E-state index in [9.17, 15) is 14.4 Å². The molecule has 6 nitrogen and oxygen atoms in total. The average Bonchev–Trinajstić information content (AvgIpc) is 3.11. The van der Waals surface area contributed by atoms with Crippen molar-refractivity contribution in [3.8, 4) is 0 Å². The quantitative estimate of drug-likeness (QED) is 0.802. The first kappa shape index (κ1) is 18.0. The second-order valence-electron chi connectivity index (χ2n) is 8.34. The molecule has 144 valence electrons. The van der Waals surface area contributed by atoms with Crippen LogP contribution >= 0.6 is 0 Å². The van der Waals surface area contributed by atoms with E-state index < -0.39 is 6.04 Å². The summed E-state index contributed by atoms with van der Waals surface area (Å²) < 4.78 is 0. The number of benzene rings is 1. The molecule has 3 atom stereocenters. The van der Waals surface area contributed by atoms with Gasteiger partial charge in [0.1, 0.15) is 12.6 Å². The molecule has 0 aliphatic carbocycles. The normalized spacial score (nSPS) is 28.1. The van der Waals surface area contributed by atoms with E-state index in [1.807, 2.05) is 17.0 Å². The van der Waals surface area contributed by atoms with Crippen molar-refractivity contribution in [2.24, 2.45) is 11.8 Å². The molecule has 3 aliphatic heterocycles. The van der Waals surface area contributed by atoms with Gasteiger partial charge >= 0.3 is 0 Å². The van der Waals surface area contributed by atoms with E-state index in [4.69, 9.17) is 0 Å². The van der Waals surface area contributed by atoms with Crippen molar-refractivity contribution >= 4 is 23.4 Å². The Bertz CT molecular complexity index is 768. The van der Waals surface area contributed by atoms with Gasteiger partial charge in [-0.25, -0.2) is 0 Å². The first-order valence-electron chi connectivity index (χ1n) is 9.95. The predicted octanol–water partition coefficient (Wildman–Crippen LogP) is 2.14. The molecule has 4 rings (SSSR count). The van der Waals surface area contributed by atoms with E-state index in [1.54, 1.807) is 21.9 Å². The number of carbonyl (C=O) groups is 3. The Morgan fingerprint density at radius 3 is 2.56 bits per heavy atom. The molecule has 0 N–H and O–H groups in total. The van der Waals surface area contributed by atoms with Gasteiger partial charge in [-0.3, -0.25) is 14.4 Å². The van der Waals surface area contributed by atoms with E-state index in [2.05, 4.69) is 13.8 Å². The zero-order valence-electron chi connectivity index (χ0n) is 16.1. The van der Waals surface area contributed by atoms with Crippen molar-refractivity contribution in [2.45, 2.75) is 39.2 Å². The van der Waals surface area contributed by atoms with Gasteiger partial charge in [0.25, 0.3) is 5.91 Å². The number of anilines is 1. The van der Waals surface area contributed by atoms with Crippen LogP contribution in [0, 0.1) is 11.8 Å². The minimum Gasteiger partial charge on any atom is -0.341 e. The molecule has 2 saturated heterocycles. The third-order valence-corrected chi connectivity index (χ3v) is 6.00. The third-order valence-electron chi connectivity index (χ3n) is 6.00. The number of amides is 3. The first-order chi connectivity index (χ1) is 13.0. The number of hydrogen-bond donors (Lipinski definition) is 0. The van der Waals surface area contributed by atoms with Crippen LogP contribution in [0.2, 0.25) is 0 Å². The molecule has 0 aromatic heterocycles. The maximum absolute atomic E-state index is 13.2. The topological polar surface area (TPSA) is 60.9 Å². The number of para-hydroxylation sites is 1. The Morgan fingerprint density at radius 1 is 1.11 bits per heavy atom. The summed E-state index contributed by atoms with van der Waals surface area (Å²) in [7, 11) is 0. The van der Waals surface area contributed by atoms with Crippen molar-refractivity contribution in [3.05, 3.63) is 29.8 Å². The number of fused-ring (bicyclic) bond motifs is 2. The van der Waals surface area contributed by atoms with Crippen molar-refractivity contribution in [1.82, 2.24) is 9.80 Å². The molecule has 0 bridgehead atoms. The van der Waals surface area contributed by atoms with Gasteiger partial charge in [0, 0.05) is 19.6 Å². The van der Waals surface area contributed by atoms with Crippen LogP contribution in [-0.2, 0) is 9.59 Å². The Balaban J connectivity index is 1.64. The van der Waals surface area contributed by atoms with Gasteiger partial charge in [0.05, 0.1) is 11.3 Å². The minimum absolute atomic E-state index is 0.00685. The fraction of sp³-hybridized carbons (Fsp3) is 0.571. The minimum atomic E-state index is -0.447. The number of rotatable bonds is 2. The summed E-state index contributed by atoms with van der Waals surface area (Å²) >= 11 is 0. The number of likely N-dealkylation sites (tertiary alicyclic amines) is 1. The average molecular weight is 369 g/mol. The van der Waals surface area contributed by atoms with E-state index in [0.29, 0.717) is 36.1 Å². The second-order valence-corrected chi connectivity index (χ2v) is 8.34. The first-order valence-corrected chi connectivity index (χ1v) is 9.95. The Hall–Kier alpha value is -2.37. The van der Waals surface area contributed by atoms with Gasteiger partial charge < -0.3 is 14.7 Å². The van der Waals surface area contributed by atoms with Crippen LogP contribution in [0.1, 0.15) is 43.5 Å². The molecule has 3 aliphatic rings. The molecule has 3 amide bonds. The molecular weight excluding hydrogens is 342 g/mol. The summed E-state index contributed by atoms with van der Waals surface area (Å²) in [5, 5.41) is 0. The maximum Gasteiger partial charge on any atom is 0.256 e. The Labute approximate surface area is 160 Å². The highest BCUT2D eigenvalue weighted by molar-refractivity contribution is 6.12. The molecule has 0 spiro atoms. The van der Waals surface area contributed by atoms with Crippen LogP contribution in [0.15, 0.2) is 24.3 Å². The predicted molar refractivity (Wildman–Crippen MR) is 102 cm³/mol. The Morgan fingerprint density at radius 2 is 1.81 bits per heavy atom. The largest absolute Gasteiger partial charge is 0.341 e. The van der Waals surface area contributed by atoms with Crippen LogP contribution in [0.3, 0.4) is 0 Å². The molecule has 3 heterocycles. The van der Waals surface area contributed by atoms with E-state index in [1.165, 1.54) is 0 Å². The van der Waals surface area contributed by atoms with E-state index >= 15 is 0 Å². The summed E-state index contributed by atoms with van der Waals surface area (Å²) in [6.07, 6.45) is 2.62. The van der Waals surface area contributed by atoms with Crippen LogP contribution in [0.5, 0.6) is 0 Å². The van der Waals surface area contributed by atoms with Crippen molar-refractivity contribution in [3.63, 3.8) is 0 Å². The fourth-order valence-corrected chi connectivity index (χ4v) is 4.87. The standard InChI is InChI=1S/C21H27N3O3/c1-14-10-15(2)12-22(11-14)19(25)13-24-17-7-4-3-6-16(17)20(26)23-9-5-8-18(23)21(24)27/h3-4,6-7,14-15,18H,5,8-13H2,1-2H3/t14-,15-,18-/m1/s1. The molecular formula is C21H27N3O3. The SMILES string of the molecule is C[C@@H]1C[C@@H](C)CN(C(=O)CN2C(=O)[C@H]3CCCN3C(=O)c3ccccc32)C1. The molecule has 0 saturated carbocycles.